The molecule has 0 aliphatic carbocycles. The number of nitrogens with zero attached hydrogens (tertiary/aromatic N) is 4. The molecule has 0 unspecified atom stereocenters. The van der Waals surface area contributed by atoms with Crippen LogP contribution < -0.4 is 10.2 Å². The van der Waals surface area contributed by atoms with E-state index in [0.717, 1.165) is 0 Å². The molecule has 2 heterocycles. The molecule has 12 heteroatoms. The van der Waals surface area contributed by atoms with Crippen LogP contribution in [0.5, 0.6) is 0 Å². The van der Waals surface area contributed by atoms with Gasteiger partial charge in [-0.3, -0.25) is 0 Å². The van der Waals surface area contributed by atoms with Crippen molar-refractivity contribution in [2.75, 3.05) is 36.4 Å². The molecule has 0 spiro atoms. The first-order valence-electron chi connectivity index (χ1n) is 8.41. The van der Waals surface area contributed by atoms with Gasteiger partial charge in [0, 0.05) is 44.3 Å². The van der Waals surface area contributed by atoms with Crippen LogP contribution in [0.2, 0.25) is 0 Å². The fourth-order valence-corrected chi connectivity index (χ4v) is 2.79. The third-order valence-corrected chi connectivity index (χ3v) is 4.24. The molecule has 1 aliphatic heterocycles. The Morgan fingerprint density at radius 2 is 1.38 bits per heavy atom. The number of piperazine rings is 1. The maximum Gasteiger partial charge on any atom is 0.416 e. The van der Waals surface area contributed by atoms with Crippen molar-refractivity contribution in [1.82, 2.24) is 14.9 Å². The molecule has 0 atom stereocenters. The van der Waals surface area contributed by atoms with Crippen LogP contribution in [-0.4, -0.2) is 47.1 Å². The standard InChI is InChI=1S/C17H15F6N5O/c18-16(19,20)11-8-12(17(21,22)23)10-13(9-11)26-15(29)28-6-4-27(5-7-28)14-24-2-1-3-25-14/h1-3,8-10H,4-7H2,(H,26,29). The van der Waals surface area contributed by atoms with Crippen LogP contribution in [0.4, 0.5) is 42.8 Å². The van der Waals surface area contributed by atoms with Crippen LogP contribution >= 0.6 is 0 Å². The maximum absolute atomic E-state index is 12.9. The number of rotatable bonds is 2. The lowest BCUT2D eigenvalue weighted by atomic mass is 10.1. The lowest BCUT2D eigenvalue weighted by Crippen LogP contribution is -2.50. The van der Waals surface area contributed by atoms with E-state index < -0.39 is 35.2 Å². The highest BCUT2D eigenvalue weighted by Crippen LogP contribution is 2.37. The maximum atomic E-state index is 12.9. The molecule has 1 aromatic heterocycles. The third-order valence-electron chi connectivity index (χ3n) is 4.24. The molecule has 156 valence electrons. The SMILES string of the molecule is O=C(Nc1cc(C(F)(F)F)cc(C(F)(F)F)c1)N1CCN(c2ncccn2)CC1. The van der Waals surface area contributed by atoms with Crippen molar-refractivity contribution in [1.29, 1.82) is 0 Å². The summed E-state index contributed by atoms with van der Waals surface area (Å²) >= 11 is 0. The average molecular weight is 419 g/mol. The Bertz CT molecular complexity index is 831. The van der Waals surface area contributed by atoms with Crippen molar-refractivity contribution in [2.45, 2.75) is 12.4 Å². The number of urea groups is 1. The van der Waals surface area contributed by atoms with Crippen LogP contribution in [0.3, 0.4) is 0 Å². The zero-order chi connectivity index (χ0) is 21.2. The molecule has 6 nitrogen and oxygen atoms in total. The number of anilines is 2. The Morgan fingerprint density at radius 3 is 1.86 bits per heavy atom. The van der Waals surface area contributed by atoms with E-state index in [4.69, 9.17) is 0 Å². The van der Waals surface area contributed by atoms with Crippen molar-refractivity contribution in [3.8, 4) is 0 Å². The minimum absolute atomic E-state index is 0.00822. The number of hydrogen-bond acceptors (Lipinski definition) is 4. The van der Waals surface area contributed by atoms with E-state index in [9.17, 15) is 31.1 Å². The zero-order valence-corrected chi connectivity index (χ0v) is 14.8. The average Bonchev–Trinajstić information content (AvgIpc) is 2.67. The van der Waals surface area contributed by atoms with Gasteiger partial charge in [-0.2, -0.15) is 26.3 Å². The number of carbonyl (C=O) groups excluding carboxylic acids is 1. The normalized spacial score (nSPS) is 15.4. The fourth-order valence-electron chi connectivity index (χ4n) is 2.79. The monoisotopic (exact) mass is 419 g/mol. The number of alkyl halides is 6. The van der Waals surface area contributed by atoms with Gasteiger partial charge in [-0.1, -0.05) is 0 Å². The number of amides is 2. The Morgan fingerprint density at radius 1 is 0.862 bits per heavy atom. The molecule has 0 radical (unpaired) electrons. The minimum Gasteiger partial charge on any atom is -0.337 e. The summed E-state index contributed by atoms with van der Waals surface area (Å²) in [6.45, 7) is 1.14. The summed E-state index contributed by atoms with van der Waals surface area (Å²) < 4.78 is 77.5. The first-order valence-corrected chi connectivity index (χ1v) is 8.41. The number of benzene rings is 1. The summed E-state index contributed by atoms with van der Waals surface area (Å²) in [7, 11) is 0. The Hall–Kier alpha value is -3.05. The van der Waals surface area contributed by atoms with Crippen molar-refractivity contribution in [2.24, 2.45) is 0 Å². The summed E-state index contributed by atoms with van der Waals surface area (Å²) in [5.41, 5.74) is -3.56. The van der Waals surface area contributed by atoms with Gasteiger partial charge in [-0.05, 0) is 24.3 Å². The van der Waals surface area contributed by atoms with Gasteiger partial charge in [-0.25, -0.2) is 14.8 Å². The molecule has 3 rings (SSSR count). The van der Waals surface area contributed by atoms with Gasteiger partial charge in [0.05, 0.1) is 11.1 Å². The van der Waals surface area contributed by atoms with Crippen LogP contribution in [0.15, 0.2) is 36.7 Å². The van der Waals surface area contributed by atoms with E-state index in [-0.39, 0.29) is 19.2 Å². The molecule has 29 heavy (non-hydrogen) atoms. The Kier molecular flexibility index (Phi) is 5.53. The van der Waals surface area contributed by atoms with Crippen LogP contribution in [0, 0.1) is 0 Å². The second-order valence-corrected chi connectivity index (χ2v) is 6.25. The van der Waals surface area contributed by atoms with Gasteiger partial charge in [0.25, 0.3) is 0 Å². The van der Waals surface area contributed by atoms with Crippen molar-refractivity contribution >= 4 is 17.7 Å². The van der Waals surface area contributed by atoms with Crippen LogP contribution in [0.25, 0.3) is 0 Å². The lowest BCUT2D eigenvalue weighted by Gasteiger charge is -2.34. The molecule has 0 saturated carbocycles. The van der Waals surface area contributed by atoms with Crippen LogP contribution in [0.1, 0.15) is 11.1 Å². The van der Waals surface area contributed by atoms with E-state index >= 15 is 0 Å². The summed E-state index contributed by atoms with van der Waals surface area (Å²) in [5, 5.41) is 2.13. The number of nitrogens with one attached hydrogen (secondary N) is 1. The first kappa shape index (κ1) is 20.7. The quantitative estimate of drug-likeness (QED) is 0.751. The molecule has 2 aromatic rings. The molecule has 1 aliphatic rings. The van der Waals surface area contributed by atoms with E-state index in [2.05, 4.69) is 15.3 Å². The van der Waals surface area contributed by atoms with Gasteiger partial charge in [0.15, 0.2) is 0 Å². The minimum atomic E-state index is -4.98. The van der Waals surface area contributed by atoms with Crippen molar-refractivity contribution < 1.29 is 31.1 Å². The highest BCUT2D eigenvalue weighted by molar-refractivity contribution is 5.89. The summed E-state index contributed by atoms with van der Waals surface area (Å²) in [5.74, 6) is 0.472. The van der Waals surface area contributed by atoms with E-state index in [1.165, 1.54) is 4.90 Å². The largest absolute Gasteiger partial charge is 0.416 e. The summed E-state index contributed by atoms with van der Waals surface area (Å²) in [6, 6.07) is 1.82. The number of halogens is 6. The van der Waals surface area contributed by atoms with Gasteiger partial charge >= 0.3 is 18.4 Å². The zero-order valence-electron chi connectivity index (χ0n) is 14.8. The molecule has 0 bridgehead atoms. The highest BCUT2D eigenvalue weighted by Gasteiger charge is 2.37. The Balaban J connectivity index is 1.71. The molecule has 2 amide bonds. The predicted molar refractivity (Wildman–Crippen MR) is 91.3 cm³/mol. The summed E-state index contributed by atoms with van der Waals surface area (Å²) in [4.78, 5) is 23.6. The fraction of sp³-hybridized carbons (Fsp3) is 0.353. The molecule has 1 saturated heterocycles. The number of hydrogen-bond donors (Lipinski definition) is 1. The summed E-state index contributed by atoms with van der Waals surface area (Å²) in [6.07, 6.45) is -6.84. The topological polar surface area (TPSA) is 61.4 Å². The van der Waals surface area contributed by atoms with Crippen molar-refractivity contribution in [3.05, 3.63) is 47.8 Å². The number of aromatic nitrogens is 2. The second-order valence-electron chi connectivity index (χ2n) is 6.25. The van der Waals surface area contributed by atoms with Gasteiger partial charge in [-0.15, -0.1) is 0 Å². The molecule has 1 fully saturated rings. The predicted octanol–water partition coefficient (Wildman–Crippen LogP) is 3.87. The van der Waals surface area contributed by atoms with E-state index in [1.807, 2.05) is 4.90 Å². The molecular formula is C17H15F6N5O. The van der Waals surface area contributed by atoms with Gasteiger partial charge < -0.3 is 15.1 Å². The highest BCUT2D eigenvalue weighted by atomic mass is 19.4. The van der Waals surface area contributed by atoms with Crippen LogP contribution in [-0.2, 0) is 12.4 Å². The smallest absolute Gasteiger partial charge is 0.337 e. The van der Waals surface area contributed by atoms with Gasteiger partial charge in [0.1, 0.15) is 0 Å². The third kappa shape index (κ3) is 5.06. The second kappa shape index (κ2) is 7.76. The Labute approximate surface area is 161 Å². The molecule has 1 N–H and O–H groups in total. The van der Waals surface area contributed by atoms with E-state index in [1.54, 1.807) is 18.5 Å². The lowest BCUT2D eigenvalue weighted by molar-refractivity contribution is -0.143. The van der Waals surface area contributed by atoms with Gasteiger partial charge in [0.2, 0.25) is 5.95 Å². The number of carbonyl (C=O) groups is 1. The molecule has 1 aromatic carbocycles. The van der Waals surface area contributed by atoms with Crippen molar-refractivity contribution in [3.63, 3.8) is 0 Å². The first-order chi connectivity index (χ1) is 13.5. The molecular weight excluding hydrogens is 404 g/mol. The van der Waals surface area contributed by atoms with E-state index in [0.29, 0.717) is 31.2 Å².